The molecule has 0 aliphatic heterocycles. The minimum absolute atomic E-state index is 0.0183. The highest BCUT2D eigenvalue weighted by Crippen LogP contribution is 2.26. The second-order valence-corrected chi connectivity index (χ2v) is 16.2. The van der Waals surface area contributed by atoms with Gasteiger partial charge in [0.2, 0.25) is 5.91 Å². The number of carbonyl (C=O) groups is 2. The van der Waals surface area contributed by atoms with E-state index in [4.69, 9.17) is 10.5 Å². The highest BCUT2D eigenvalue weighted by Gasteiger charge is 2.30. The van der Waals surface area contributed by atoms with E-state index < -0.39 is 19.6 Å². The van der Waals surface area contributed by atoms with Crippen LogP contribution in [0.5, 0.6) is 0 Å². The van der Waals surface area contributed by atoms with Crippen LogP contribution in [0.4, 0.5) is 4.79 Å². The molecule has 0 radical (unpaired) electrons. The standard InChI is InChI=1S/C19H40N2O3Si/c1-18(2,3)13-14(21-16(22)19(4,5)6)12-15(24-17(20)23)10-11-25(7,8)9/h14-15H,10-13H2,1-9H3,(H2,20,23)(H,21,22)/t14?,15-/m1/s1. The summed E-state index contributed by atoms with van der Waals surface area (Å²) in [6, 6.07) is 1.01. The van der Waals surface area contributed by atoms with E-state index in [1.807, 2.05) is 20.8 Å². The summed E-state index contributed by atoms with van der Waals surface area (Å²) in [5.74, 6) is 0.0183. The maximum absolute atomic E-state index is 12.4. The van der Waals surface area contributed by atoms with E-state index >= 15 is 0 Å². The molecule has 0 aromatic rings. The number of rotatable bonds is 8. The molecule has 1 unspecified atom stereocenters. The Morgan fingerprint density at radius 3 is 1.96 bits per heavy atom. The molecule has 0 saturated carbocycles. The predicted octanol–water partition coefficient (Wildman–Crippen LogP) is 4.54. The summed E-state index contributed by atoms with van der Waals surface area (Å²) >= 11 is 0. The Morgan fingerprint density at radius 2 is 1.60 bits per heavy atom. The van der Waals surface area contributed by atoms with Crippen molar-refractivity contribution in [3.8, 4) is 0 Å². The molecule has 5 nitrogen and oxygen atoms in total. The van der Waals surface area contributed by atoms with Crippen molar-refractivity contribution < 1.29 is 14.3 Å². The van der Waals surface area contributed by atoms with Crippen LogP contribution in [-0.4, -0.2) is 32.2 Å². The average Bonchev–Trinajstić information content (AvgIpc) is 2.30. The van der Waals surface area contributed by atoms with Crippen molar-refractivity contribution in [2.24, 2.45) is 16.6 Å². The van der Waals surface area contributed by atoms with Gasteiger partial charge in [-0.3, -0.25) is 4.79 Å². The van der Waals surface area contributed by atoms with Crippen molar-refractivity contribution in [3.63, 3.8) is 0 Å². The lowest BCUT2D eigenvalue weighted by Gasteiger charge is -2.32. The molecule has 0 saturated heterocycles. The van der Waals surface area contributed by atoms with E-state index in [1.54, 1.807) is 0 Å². The van der Waals surface area contributed by atoms with Crippen LogP contribution < -0.4 is 11.1 Å². The molecule has 0 fully saturated rings. The number of nitrogens with one attached hydrogen (secondary N) is 1. The van der Waals surface area contributed by atoms with E-state index in [0.717, 1.165) is 18.9 Å². The molecular weight excluding hydrogens is 332 g/mol. The first kappa shape index (κ1) is 24.0. The fraction of sp³-hybridized carbons (Fsp3) is 0.895. The Bertz CT molecular complexity index is 445. The molecule has 0 rings (SSSR count). The monoisotopic (exact) mass is 372 g/mol. The SMILES string of the molecule is CC(C)(C)CC(C[C@@H](CC[Si](C)(C)C)OC(N)=O)NC(=O)C(C)(C)C. The molecule has 0 aliphatic rings. The van der Waals surface area contributed by atoms with Crippen molar-refractivity contribution in [2.45, 2.75) is 98.6 Å². The van der Waals surface area contributed by atoms with E-state index in [9.17, 15) is 9.59 Å². The van der Waals surface area contributed by atoms with Crippen LogP contribution in [0.15, 0.2) is 0 Å². The van der Waals surface area contributed by atoms with Crippen LogP contribution in [0.25, 0.3) is 0 Å². The van der Waals surface area contributed by atoms with E-state index in [0.29, 0.717) is 6.42 Å². The Morgan fingerprint density at radius 1 is 1.08 bits per heavy atom. The fourth-order valence-electron chi connectivity index (χ4n) is 2.63. The second kappa shape index (κ2) is 9.06. The Balaban J connectivity index is 5.15. The highest BCUT2D eigenvalue weighted by atomic mass is 28.3. The molecule has 25 heavy (non-hydrogen) atoms. The number of nitrogens with two attached hydrogens (primary N) is 1. The van der Waals surface area contributed by atoms with Crippen LogP contribution in [0.1, 0.15) is 60.8 Å². The van der Waals surface area contributed by atoms with Gasteiger partial charge < -0.3 is 15.8 Å². The van der Waals surface area contributed by atoms with Gasteiger partial charge in [-0.05, 0) is 18.3 Å². The summed E-state index contributed by atoms with van der Waals surface area (Å²) in [5, 5.41) is 3.15. The number of ether oxygens (including phenoxy) is 1. The number of primary amides is 1. The van der Waals surface area contributed by atoms with Gasteiger partial charge in [0.05, 0.1) is 0 Å². The zero-order valence-electron chi connectivity index (χ0n) is 17.8. The van der Waals surface area contributed by atoms with Crippen molar-refractivity contribution in [3.05, 3.63) is 0 Å². The smallest absolute Gasteiger partial charge is 0.404 e. The molecule has 0 aromatic heterocycles. The van der Waals surface area contributed by atoms with Crippen LogP contribution in [-0.2, 0) is 9.53 Å². The Hall–Kier alpha value is -1.04. The first-order valence-electron chi connectivity index (χ1n) is 9.27. The molecule has 6 heteroatoms. The lowest BCUT2D eigenvalue weighted by atomic mass is 9.85. The summed E-state index contributed by atoms with van der Waals surface area (Å²) in [7, 11) is -1.25. The van der Waals surface area contributed by atoms with Gasteiger partial charge in [0, 0.05) is 26.0 Å². The van der Waals surface area contributed by atoms with Crippen LogP contribution in [0.2, 0.25) is 25.7 Å². The van der Waals surface area contributed by atoms with Gasteiger partial charge in [0.15, 0.2) is 0 Å². The van der Waals surface area contributed by atoms with E-state index in [1.165, 1.54) is 0 Å². The first-order valence-corrected chi connectivity index (χ1v) is 13.0. The minimum atomic E-state index is -1.25. The van der Waals surface area contributed by atoms with Gasteiger partial charge in [-0.15, -0.1) is 0 Å². The molecule has 0 aliphatic carbocycles. The largest absolute Gasteiger partial charge is 0.446 e. The first-order chi connectivity index (χ1) is 11.0. The molecule has 0 heterocycles. The van der Waals surface area contributed by atoms with Crippen LogP contribution in [0, 0.1) is 10.8 Å². The third-order valence-electron chi connectivity index (χ3n) is 3.92. The third kappa shape index (κ3) is 12.9. The fourth-order valence-corrected chi connectivity index (χ4v) is 3.82. The topological polar surface area (TPSA) is 81.4 Å². The molecule has 3 N–H and O–H groups in total. The number of carbonyl (C=O) groups excluding carboxylic acids is 2. The summed E-state index contributed by atoms with van der Waals surface area (Å²) in [6.45, 7) is 19.0. The summed E-state index contributed by atoms with van der Waals surface area (Å²) in [5.41, 5.74) is 4.88. The molecule has 148 valence electrons. The van der Waals surface area contributed by atoms with Gasteiger partial charge in [0.1, 0.15) is 6.10 Å². The molecule has 0 aromatic carbocycles. The predicted molar refractivity (Wildman–Crippen MR) is 107 cm³/mol. The van der Waals surface area contributed by atoms with E-state index in [2.05, 4.69) is 45.7 Å². The third-order valence-corrected chi connectivity index (χ3v) is 5.71. The van der Waals surface area contributed by atoms with Crippen molar-refractivity contribution in [2.75, 3.05) is 0 Å². The Kier molecular flexibility index (Phi) is 8.68. The van der Waals surface area contributed by atoms with Crippen molar-refractivity contribution >= 4 is 20.1 Å². The lowest BCUT2D eigenvalue weighted by Crippen LogP contribution is -2.45. The Labute approximate surface area is 155 Å². The highest BCUT2D eigenvalue weighted by molar-refractivity contribution is 6.76. The molecule has 2 atom stereocenters. The van der Waals surface area contributed by atoms with Gasteiger partial charge in [0.25, 0.3) is 0 Å². The van der Waals surface area contributed by atoms with Crippen molar-refractivity contribution in [1.82, 2.24) is 5.32 Å². The number of hydrogen-bond donors (Lipinski definition) is 2. The molecule has 0 bridgehead atoms. The summed E-state index contributed by atoms with van der Waals surface area (Å²) in [6.07, 6.45) is 1.23. The van der Waals surface area contributed by atoms with Crippen LogP contribution in [0.3, 0.4) is 0 Å². The molecule has 0 spiro atoms. The van der Waals surface area contributed by atoms with Crippen LogP contribution >= 0.6 is 0 Å². The zero-order chi connectivity index (χ0) is 20.1. The van der Waals surface area contributed by atoms with Gasteiger partial charge in [-0.2, -0.15) is 0 Å². The van der Waals surface area contributed by atoms with Gasteiger partial charge >= 0.3 is 6.09 Å². The van der Waals surface area contributed by atoms with E-state index in [-0.39, 0.29) is 23.5 Å². The van der Waals surface area contributed by atoms with Crippen molar-refractivity contribution in [1.29, 1.82) is 0 Å². The number of hydrogen-bond acceptors (Lipinski definition) is 3. The average molecular weight is 373 g/mol. The quantitative estimate of drug-likeness (QED) is 0.614. The second-order valence-electron chi connectivity index (χ2n) is 10.6. The summed E-state index contributed by atoms with van der Waals surface area (Å²) in [4.78, 5) is 23.8. The maximum Gasteiger partial charge on any atom is 0.404 e. The maximum atomic E-state index is 12.4. The normalized spacial score (nSPS) is 15.4. The lowest BCUT2D eigenvalue weighted by molar-refractivity contribution is -0.129. The minimum Gasteiger partial charge on any atom is -0.446 e. The molecule has 2 amide bonds. The summed E-state index contributed by atoms with van der Waals surface area (Å²) < 4.78 is 5.37. The number of amides is 2. The molecular formula is C19H40N2O3Si. The van der Waals surface area contributed by atoms with Gasteiger partial charge in [-0.25, -0.2) is 4.79 Å². The zero-order valence-corrected chi connectivity index (χ0v) is 18.8. The van der Waals surface area contributed by atoms with Gasteiger partial charge in [-0.1, -0.05) is 67.2 Å².